The molecule has 0 aliphatic rings. The topological polar surface area (TPSA) is 33.2 Å². The molecular formula is C14H22N2O. The molecular weight excluding hydrogens is 212 g/mol. The average Bonchev–Trinajstić information content (AvgIpc) is 2.33. The van der Waals surface area contributed by atoms with Crippen molar-refractivity contribution < 1.29 is 4.79 Å². The summed E-state index contributed by atoms with van der Waals surface area (Å²) in [4.78, 5) is 17.1. The molecule has 0 atom stereocenters. The number of rotatable bonds is 8. The van der Waals surface area contributed by atoms with E-state index in [-0.39, 0.29) is 0 Å². The van der Waals surface area contributed by atoms with Gasteiger partial charge < -0.3 is 9.69 Å². The smallest absolute Gasteiger partial charge is 0.129 e. The Morgan fingerprint density at radius 1 is 1.24 bits per heavy atom. The number of aromatic nitrogens is 1. The number of carbonyl (C=O) groups excluding carboxylic acids is 1. The minimum atomic E-state index is 0.296. The van der Waals surface area contributed by atoms with Crippen LogP contribution >= 0.6 is 0 Å². The molecule has 17 heavy (non-hydrogen) atoms. The molecule has 3 heteroatoms. The van der Waals surface area contributed by atoms with Gasteiger partial charge in [0.1, 0.15) is 5.78 Å². The number of likely N-dealkylation sites (N-methyl/N-ethyl adjacent to an activating group) is 1. The summed E-state index contributed by atoms with van der Waals surface area (Å²) >= 11 is 0. The lowest BCUT2D eigenvalue weighted by atomic mass is 10.1. The Bertz CT molecular complexity index is 324. The Morgan fingerprint density at radius 2 is 1.94 bits per heavy atom. The van der Waals surface area contributed by atoms with Crippen molar-refractivity contribution in [3.05, 3.63) is 30.1 Å². The van der Waals surface area contributed by atoms with Crippen LogP contribution in [0.1, 0.15) is 31.7 Å². The number of nitrogens with zero attached hydrogens (tertiary/aromatic N) is 2. The number of ketones is 1. The summed E-state index contributed by atoms with van der Waals surface area (Å²) in [6, 6.07) is 4.12. The summed E-state index contributed by atoms with van der Waals surface area (Å²) in [6.07, 6.45) is 7.57. The first-order chi connectivity index (χ1) is 8.18. The maximum atomic E-state index is 10.8. The van der Waals surface area contributed by atoms with Crippen molar-refractivity contribution in [3.8, 4) is 0 Å². The van der Waals surface area contributed by atoms with Crippen molar-refractivity contribution in [2.24, 2.45) is 0 Å². The number of pyridine rings is 1. The van der Waals surface area contributed by atoms with Crippen molar-refractivity contribution in [1.82, 2.24) is 9.88 Å². The number of hydrogen-bond donors (Lipinski definition) is 0. The molecule has 0 N–H and O–H groups in total. The molecule has 1 aromatic rings. The first-order valence-electron chi connectivity index (χ1n) is 6.25. The fourth-order valence-corrected chi connectivity index (χ4v) is 1.74. The van der Waals surface area contributed by atoms with Crippen molar-refractivity contribution in [2.75, 3.05) is 20.1 Å². The largest absolute Gasteiger partial charge is 0.306 e. The second kappa shape index (κ2) is 7.96. The molecule has 0 bridgehead atoms. The Morgan fingerprint density at radius 3 is 2.59 bits per heavy atom. The highest BCUT2D eigenvalue weighted by atomic mass is 16.1. The molecule has 94 valence electrons. The zero-order chi connectivity index (χ0) is 12.5. The highest BCUT2D eigenvalue weighted by Crippen LogP contribution is 2.01. The molecule has 0 aliphatic carbocycles. The van der Waals surface area contributed by atoms with E-state index in [1.807, 2.05) is 12.4 Å². The Balaban J connectivity index is 2.09. The molecule has 0 unspecified atom stereocenters. The van der Waals surface area contributed by atoms with Crippen molar-refractivity contribution in [1.29, 1.82) is 0 Å². The standard InChI is InChI=1S/C14H22N2O/c1-13(17)5-3-4-11-16(2)12-8-14-6-9-15-10-7-14/h6-7,9-10H,3-5,8,11-12H2,1-2H3. The number of unbranched alkanes of at least 4 members (excludes halogenated alkanes) is 1. The third-order valence-electron chi connectivity index (χ3n) is 2.85. The van der Waals surface area contributed by atoms with Gasteiger partial charge in [0.05, 0.1) is 0 Å². The van der Waals surface area contributed by atoms with E-state index in [1.54, 1.807) is 6.92 Å². The number of hydrogen-bond acceptors (Lipinski definition) is 3. The first-order valence-corrected chi connectivity index (χ1v) is 6.25. The van der Waals surface area contributed by atoms with Crippen LogP contribution < -0.4 is 0 Å². The van der Waals surface area contributed by atoms with Crippen LogP contribution in [-0.2, 0) is 11.2 Å². The lowest BCUT2D eigenvalue weighted by Crippen LogP contribution is -2.22. The molecule has 0 aliphatic heterocycles. The van der Waals surface area contributed by atoms with Gasteiger partial charge in [0.2, 0.25) is 0 Å². The highest BCUT2D eigenvalue weighted by molar-refractivity contribution is 5.75. The molecule has 0 amide bonds. The van der Waals surface area contributed by atoms with Crippen LogP contribution in [0.3, 0.4) is 0 Å². The summed E-state index contributed by atoms with van der Waals surface area (Å²) in [5.41, 5.74) is 1.33. The van der Waals surface area contributed by atoms with Crippen molar-refractivity contribution in [2.45, 2.75) is 32.6 Å². The number of Topliss-reactive ketones (excluding diaryl/α,β-unsaturated/α-hetero) is 1. The van der Waals surface area contributed by atoms with E-state index in [1.165, 1.54) is 5.56 Å². The van der Waals surface area contributed by atoms with E-state index in [2.05, 4.69) is 29.1 Å². The first kappa shape index (κ1) is 13.8. The summed E-state index contributed by atoms with van der Waals surface area (Å²) in [7, 11) is 2.13. The van der Waals surface area contributed by atoms with Crippen LogP contribution in [0.4, 0.5) is 0 Å². The fraction of sp³-hybridized carbons (Fsp3) is 0.571. The third kappa shape index (κ3) is 6.84. The summed E-state index contributed by atoms with van der Waals surface area (Å²) < 4.78 is 0. The zero-order valence-electron chi connectivity index (χ0n) is 10.9. The van der Waals surface area contributed by atoms with E-state index in [0.717, 1.165) is 38.8 Å². The van der Waals surface area contributed by atoms with Gasteiger partial charge in [-0.15, -0.1) is 0 Å². The van der Waals surface area contributed by atoms with Crippen LogP contribution in [0.5, 0.6) is 0 Å². The monoisotopic (exact) mass is 234 g/mol. The van der Waals surface area contributed by atoms with Gasteiger partial charge >= 0.3 is 0 Å². The fourth-order valence-electron chi connectivity index (χ4n) is 1.74. The van der Waals surface area contributed by atoms with Crippen LogP contribution in [0.15, 0.2) is 24.5 Å². The van der Waals surface area contributed by atoms with Crippen LogP contribution in [0.25, 0.3) is 0 Å². The van der Waals surface area contributed by atoms with E-state index in [9.17, 15) is 4.79 Å². The molecule has 0 radical (unpaired) electrons. The van der Waals surface area contributed by atoms with Gasteiger partial charge in [-0.1, -0.05) is 0 Å². The van der Waals surface area contributed by atoms with Gasteiger partial charge in [-0.3, -0.25) is 4.98 Å². The lowest BCUT2D eigenvalue weighted by Gasteiger charge is -2.16. The molecule has 0 saturated carbocycles. The van der Waals surface area contributed by atoms with E-state index in [0.29, 0.717) is 5.78 Å². The normalized spacial score (nSPS) is 10.8. The molecule has 0 fully saturated rings. The van der Waals surface area contributed by atoms with Gasteiger partial charge in [0.25, 0.3) is 0 Å². The molecule has 1 aromatic heterocycles. The van der Waals surface area contributed by atoms with E-state index >= 15 is 0 Å². The van der Waals surface area contributed by atoms with Crippen LogP contribution in [0, 0.1) is 0 Å². The zero-order valence-corrected chi connectivity index (χ0v) is 10.9. The van der Waals surface area contributed by atoms with E-state index in [4.69, 9.17) is 0 Å². The Kier molecular flexibility index (Phi) is 6.48. The minimum absolute atomic E-state index is 0.296. The summed E-state index contributed by atoms with van der Waals surface area (Å²) in [5.74, 6) is 0.296. The third-order valence-corrected chi connectivity index (χ3v) is 2.85. The highest BCUT2D eigenvalue weighted by Gasteiger charge is 2.00. The van der Waals surface area contributed by atoms with E-state index < -0.39 is 0 Å². The predicted molar refractivity (Wildman–Crippen MR) is 70.0 cm³/mol. The Hall–Kier alpha value is -1.22. The van der Waals surface area contributed by atoms with Crippen molar-refractivity contribution in [3.63, 3.8) is 0 Å². The minimum Gasteiger partial charge on any atom is -0.306 e. The maximum absolute atomic E-state index is 10.8. The summed E-state index contributed by atoms with van der Waals surface area (Å²) in [6.45, 7) is 3.79. The maximum Gasteiger partial charge on any atom is 0.129 e. The quantitative estimate of drug-likeness (QED) is 0.647. The molecule has 1 rings (SSSR count). The molecule has 0 saturated heterocycles. The molecule has 1 heterocycles. The van der Waals surface area contributed by atoms with Gasteiger partial charge in [-0.05, 0) is 57.5 Å². The second-order valence-electron chi connectivity index (χ2n) is 4.57. The van der Waals surface area contributed by atoms with Crippen LogP contribution in [0.2, 0.25) is 0 Å². The second-order valence-corrected chi connectivity index (χ2v) is 4.57. The molecule has 0 aromatic carbocycles. The Labute approximate surface area is 104 Å². The SMILES string of the molecule is CC(=O)CCCCN(C)CCc1ccncc1. The van der Waals surface area contributed by atoms with Crippen molar-refractivity contribution >= 4 is 5.78 Å². The average molecular weight is 234 g/mol. The van der Waals surface area contributed by atoms with Crippen LogP contribution in [-0.4, -0.2) is 35.8 Å². The summed E-state index contributed by atoms with van der Waals surface area (Å²) in [5, 5.41) is 0. The number of carbonyl (C=O) groups is 1. The predicted octanol–water partition coefficient (Wildman–Crippen LogP) is 2.32. The van der Waals surface area contributed by atoms with Gasteiger partial charge in [0.15, 0.2) is 0 Å². The molecule has 0 spiro atoms. The van der Waals surface area contributed by atoms with Gasteiger partial charge in [-0.25, -0.2) is 0 Å². The molecule has 3 nitrogen and oxygen atoms in total. The lowest BCUT2D eigenvalue weighted by molar-refractivity contribution is -0.117. The van der Waals surface area contributed by atoms with Gasteiger partial charge in [-0.2, -0.15) is 0 Å². The van der Waals surface area contributed by atoms with Gasteiger partial charge in [0, 0.05) is 25.4 Å².